The van der Waals surface area contributed by atoms with Crippen LogP contribution < -0.4 is 0 Å². The van der Waals surface area contributed by atoms with E-state index < -0.39 is 15.1 Å². The Bertz CT molecular complexity index is 862. The zero-order valence-corrected chi connectivity index (χ0v) is 18.9. The first-order valence-corrected chi connectivity index (χ1v) is 13.1. The first-order valence-electron chi connectivity index (χ1n) is 11.5. The Morgan fingerprint density at radius 3 is 2.55 bits per heavy atom. The van der Waals surface area contributed by atoms with Gasteiger partial charge in [0.15, 0.2) is 9.84 Å². The lowest BCUT2D eigenvalue weighted by Gasteiger charge is -2.43. The minimum absolute atomic E-state index is 0.0631. The van der Waals surface area contributed by atoms with Crippen molar-refractivity contribution in [3.05, 3.63) is 29.8 Å². The molecule has 0 aromatic heterocycles. The smallest absolute Gasteiger partial charge is 0.227 e. The minimum atomic E-state index is -3.61. The van der Waals surface area contributed by atoms with Crippen molar-refractivity contribution in [3.8, 4) is 0 Å². The zero-order valence-electron chi connectivity index (χ0n) is 18.1. The van der Waals surface area contributed by atoms with Gasteiger partial charge in [-0.25, -0.2) is 8.42 Å². The Hall–Kier alpha value is -1.48. The van der Waals surface area contributed by atoms with Crippen molar-refractivity contribution in [2.24, 2.45) is 5.92 Å². The number of hydrogen-bond acceptors (Lipinski definition) is 6. The van der Waals surface area contributed by atoms with Crippen LogP contribution in [0.4, 0.5) is 0 Å². The molecule has 2 saturated heterocycles. The molecule has 3 fully saturated rings. The second-order valence-corrected chi connectivity index (χ2v) is 11.3. The van der Waals surface area contributed by atoms with Gasteiger partial charge in [0.1, 0.15) is 0 Å². The summed E-state index contributed by atoms with van der Waals surface area (Å²) in [6.07, 6.45) is 6.07. The van der Waals surface area contributed by atoms with Crippen molar-refractivity contribution in [1.82, 2.24) is 9.80 Å². The van der Waals surface area contributed by atoms with Crippen LogP contribution in [0.1, 0.15) is 44.1 Å². The fraction of sp³-hybridized carbons (Fsp3) is 0.696. The van der Waals surface area contributed by atoms with E-state index in [1.54, 1.807) is 24.3 Å². The van der Waals surface area contributed by atoms with Crippen LogP contribution in [-0.4, -0.2) is 79.9 Å². The number of sulfone groups is 1. The van der Waals surface area contributed by atoms with Crippen LogP contribution in [0, 0.1) is 5.92 Å². The van der Waals surface area contributed by atoms with E-state index in [0.29, 0.717) is 57.4 Å². The summed E-state index contributed by atoms with van der Waals surface area (Å²) in [5.41, 5.74) is 0.585. The first kappa shape index (κ1) is 22.7. The van der Waals surface area contributed by atoms with E-state index in [0.717, 1.165) is 12.8 Å². The zero-order chi connectivity index (χ0) is 21.8. The number of benzene rings is 1. The van der Waals surface area contributed by atoms with E-state index >= 15 is 0 Å². The van der Waals surface area contributed by atoms with Crippen LogP contribution >= 0.6 is 0 Å². The molecule has 1 aromatic rings. The molecule has 3 aliphatic rings. The maximum atomic E-state index is 13.6. The average molecular weight is 451 g/mol. The van der Waals surface area contributed by atoms with Gasteiger partial charge in [-0.05, 0) is 37.0 Å². The first-order chi connectivity index (χ1) is 15.0. The molecule has 7 nitrogen and oxygen atoms in total. The maximum Gasteiger partial charge on any atom is 0.227 e. The molecule has 2 aliphatic heterocycles. The van der Waals surface area contributed by atoms with Gasteiger partial charge in [0.25, 0.3) is 0 Å². The van der Waals surface area contributed by atoms with E-state index in [9.17, 15) is 18.3 Å². The van der Waals surface area contributed by atoms with E-state index in [1.165, 1.54) is 19.3 Å². The van der Waals surface area contributed by atoms with Crippen molar-refractivity contribution in [2.75, 3.05) is 39.4 Å². The predicted octanol–water partition coefficient (Wildman–Crippen LogP) is 1.83. The number of aliphatic hydroxyl groups excluding tert-OH is 1. The molecule has 4 rings (SSSR count). The highest BCUT2D eigenvalue weighted by Crippen LogP contribution is 2.33. The van der Waals surface area contributed by atoms with Crippen molar-refractivity contribution in [2.45, 2.75) is 61.3 Å². The third kappa shape index (κ3) is 5.13. The number of ether oxygens (including phenoxy) is 1. The van der Waals surface area contributed by atoms with Gasteiger partial charge in [-0.2, -0.15) is 0 Å². The summed E-state index contributed by atoms with van der Waals surface area (Å²) in [6.45, 7) is 3.16. The Labute approximate surface area is 185 Å². The van der Waals surface area contributed by atoms with Crippen LogP contribution in [0.5, 0.6) is 0 Å². The molecule has 31 heavy (non-hydrogen) atoms. The number of hydrogen-bond donors (Lipinski definition) is 1. The molecular formula is C23H34N2O5S. The highest BCUT2D eigenvalue weighted by atomic mass is 32.2. The van der Waals surface area contributed by atoms with Gasteiger partial charge in [-0.1, -0.05) is 31.4 Å². The number of carbonyl (C=O) groups excluding carboxylic acids is 1. The summed E-state index contributed by atoms with van der Waals surface area (Å²) in [5, 5.41) is 8.83. The number of amides is 1. The minimum Gasteiger partial charge on any atom is -0.392 e. The molecule has 0 unspecified atom stereocenters. The second-order valence-electron chi connectivity index (χ2n) is 9.09. The van der Waals surface area contributed by atoms with Gasteiger partial charge in [-0.3, -0.25) is 9.69 Å². The lowest BCUT2D eigenvalue weighted by atomic mass is 9.89. The number of piperidine rings is 1. The molecule has 0 spiro atoms. The monoisotopic (exact) mass is 450 g/mol. The fourth-order valence-corrected chi connectivity index (χ4v) is 7.13. The number of rotatable bonds is 5. The largest absolute Gasteiger partial charge is 0.392 e. The highest BCUT2D eigenvalue weighted by molar-refractivity contribution is 7.92. The van der Waals surface area contributed by atoms with E-state index in [2.05, 4.69) is 4.90 Å². The van der Waals surface area contributed by atoms with Gasteiger partial charge < -0.3 is 14.7 Å². The Morgan fingerprint density at radius 1 is 1.10 bits per heavy atom. The summed E-state index contributed by atoms with van der Waals surface area (Å²) in [7, 11) is -3.61. The molecule has 0 bridgehead atoms. The Kier molecular flexibility index (Phi) is 7.31. The number of carbonyl (C=O) groups is 1. The van der Waals surface area contributed by atoms with Gasteiger partial charge >= 0.3 is 0 Å². The standard InChI is InChI=1S/C23H34N2O5S/c26-17-18-5-4-8-21(13-18)31(28,29)22-14-19(23(27)24-9-11-30-12-10-24)15-25(16-22)20-6-2-1-3-7-20/h4-5,8,13,19-20,22,26H,1-3,6-7,9-12,14-17H2/t19-,22+/m1/s1. The molecule has 1 amide bonds. The van der Waals surface area contributed by atoms with E-state index in [1.807, 2.05) is 4.90 Å². The Balaban J connectivity index is 1.59. The quantitative estimate of drug-likeness (QED) is 0.737. The van der Waals surface area contributed by atoms with Crippen LogP contribution in [0.25, 0.3) is 0 Å². The highest BCUT2D eigenvalue weighted by Gasteiger charge is 2.42. The lowest BCUT2D eigenvalue weighted by molar-refractivity contribution is -0.141. The molecule has 1 saturated carbocycles. The van der Waals surface area contributed by atoms with Crippen molar-refractivity contribution >= 4 is 15.7 Å². The molecule has 1 N–H and O–H groups in total. The maximum absolute atomic E-state index is 13.6. The molecule has 2 atom stereocenters. The van der Waals surface area contributed by atoms with Gasteiger partial charge in [-0.15, -0.1) is 0 Å². The number of nitrogens with zero attached hydrogens (tertiary/aromatic N) is 2. The van der Waals surface area contributed by atoms with Crippen LogP contribution in [-0.2, 0) is 26.0 Å². The van der Waals surface area contributed by atoms with Crippen LogP contribution in [0.3, 0.4) is 0 Å². The normalized spacial score (nSPS) is 26.7. The Morgan fingerprint density at radius 2 is 1.84 bits per heavy atom. The van der Waals surface area contributed by atoms with Crippen LogP contribution in [0.2, 0.25) is 0 Å². The molecule has 172 valence electrons. The number of aliphatic hydroxyl groups is 1. The van der Waals surface area contributed by atoms with Crippen molar-refractivity contribution < 1.29 is 23.1 Å². The molecule has 8 heteroatoms. The topological polar surface area (TPSA) is 87.1 Å². The summed E-state index contributed by atoms with van der Waals surface area (Å²) in [4.78, 5) is 17.7. The molecule has 0 radical (unpaired) electrons. The summed E-state index contributed by atoms with van der Waals surface area (Å²) < 4.78 is 32.5. The molecule has 1 aromatic carbocycles. The summed E-state index contributed by atoms with van der Waals surface area (Å²) >= 11 is 0. The molecular weight excluding hydrogens is 416 g/mol. The van der Waals surface area contributed by atoms with E-state index in [4.69, 9.17) is 4.74 Å². The van der Waals surface area contributed by atoms with Gasteiger partial charge in [0.05, 0.1) is 35.9 Å². The average Bonchev–Trinajstić information content (AvgIpc) is 2.84. The van der Waals surface area contributed by atoms with Crippen molar-refractivity contribution in [3.63, 3.8) is 0 Å². The summed E-state index contributed by atoms with van der Waals surface area (Å²) in [6, 6.07) is 6.92. The molecule has 2 heterocycles. The third-order valence-corrected chi connectivity index (χ3v) is 9.18. The second kappa shape index (κ2) is 9.98. The number of likely N-dealkylation sites (tertiary alicyclic amines) is 1. The van der Waals surface area contributed by atoms with Gasteiger partial charge in [0.2, 0.25) is 5.91 Å². The lowest BCUT2D eigenvalue weighted by Crippen LogP contribution is -2.55. The van der Waals surface area contributed by atoms with E-state index in [-0.39, 0.29) is 23.3 Å². The fourth-order valence-electron chi connectivity index (χ4n) is 5.29. The third-order valence-electron chi connectivity index (χ3n) is 7.05. The van der Waals surface area contributed by atoms with Crippen LogP contribution in [0.15, 0.2) is 29.2 Å². The summed E-state index contributed by atoms with van der Waals surface area (Å²) in [5.74, 6) is -0.248. The molecule has 1 aliphatic carbocycles. The predicted molar refractivity (Wildman–Crippen MR) is 117 cm³/mol. The SMILES string of the molecule is O=C([C@@H]1C[C@H](S(=O)(=O)c2cccc(CO)c2)CN(C2CCCCC2)C1)N1CCOCC1. The van der Waals surface area contributed by atoms with Crippen molar-refractivity contribution in [1.29, 1.82) is 0 Å². The van der Waals surface area contributed by atoms with Gasteiger partial charge in [0, 0.05) is 32.2 Å². The number of morpholine rings is 1.